The van der Waals surface area contributed by atoms with Crippen molar-refractivity contribution in [3.05, 3.63) is 26.6 Å². The Morgan fingerprint density at radius 1 is 1.16 bits per heavy atom. The minimum atomic E-state index is -0.513. The van der Waals surface area contributed by atoms with E-state index < -0.39 is 6.10 Å². The maximum Gasteiger partial charge on any atom is 0.148 e. The Hall–Kier alpha value is -0.100. The van der Waals surface area contributed by atoms with E-state index in [0.29, 0.717) is 6.04 Å². The molecule has 0 spiro atoms. The van der Waals surface area contributed by atoms with Gasteiger partial charge in [0.25, 0.3) is 0 Å². The summed E-state index contributed by atoms with van der Waals surface area (Å²) in [6.45, 7) is 8.60. The Bertz CT molecular complexity index is 399. The molecule has 2 atom stereocenters. The summed E-state index contributed by atoms with van der Waals surface area (Å²) in [6, 6.07) is 4.51. The number of aliphatic hydroxyl groups is 1. The van der Waals surface area contributed by atoms with Gasteiger partial charge in [0.05, 0.1) is 15.0 Å². The minimum absolute atomic E-state index is 0.257. The summed E-state index contributed by atoms with van der Waals surface area (Å²) in [6.07, 6.45) is -0.770. The average Bonchev–Trinajstić information content (AvgIpc) is 2.30. The third-order valence-electron chi connectivity index (χ3n) is 2.76. The van der Waals surface area contributed by atoms with Crippen LogP contribution < -0.4 is 10.1 Å². The molecule has 19 heavy (non-hydrogen) atoms. The third-order valence-corrected chi connectivity index (χ3v) is 3.93. The van der Waals surface area contributed by atoms with E-state index in [0.717, 1.165) is 21.2 Å². The molecule has 1 aromatic carbocycles. The Morgan fingerprint density at radius 3 is 2.11 bits per heavy atom. The second-order valence-electron chi connectivity index (χ2n) is 4.99. The summed E-state index contributed by atoms with van der Waals surface area (Å²) in [5, 5.41) is 12.9. The predicted octanol–water partition coefficient (Wildman–Crippen LogP) is 3.86. The molecule has 1 rings (SSSR count). The molecule has 2 N–H and O–H groups in total. The van der Waals surface area contributed by atoms with Crippen molar-refractivity contribution in [2.24, 2.45) is 0 Å². The van der Waals surface area contributed by atoms with E-state index in [1.54, 1.807) is 6.92 Å². The maximum atomic E-state index is 9.50. The monoisotopic (exact) mass is 393 g/mol. The van der Waals surface area contributed by atoms with Gasteiger partial charge in [0, 0.05) is 12.6 Å². The van der Waals surface area contributed by atoms with Gasteiger partial charge < -0.3 is 15.2 Å². The number of ether oxygens (including phenoxy) is 1. The average molecular weight is 395 g/mol. The molecule has 3 nitrogen and oxygen atoms in total. The molecule has 0 aliphatic carbocycles. The molecule has 0 fully saturated rings. The second-order valence-corrected chi connectivity index (χ2v) is 6.70. The van der Waals surface area contributed by atoms with Crippen LogP contribution in [0.5, 0.6) is 5.75 Å². The molecule has 5 heteroatoms. The lowest BCUT2D eigenvalue weighted by Crippen LogP contribution is -2.26. The maximum absolute atomic E-state index is 9.50. The first-order chi connectivity index (χ1) is 8.81. The van der Waals surface area contributed by atoms with Crippen molar-refractivity contribution in [3.63, 3.8) is 0 Å². The van der Waals surface area contributed by atoms with Crippen LogP contribution in [-0.4, -0.2) is 23.4 Å². The van der Waals surface area contributed by atoms with Crippen molar-refractivity contribution in [2.45, 2.75) is 52.5 Å². The van der Waals surface area contributed by atoms with E-state index in [1.165, 1.54) is 5.56 Å². The lowest BCUT2D eigenvalue weighted by atomic mass is 10.2. The number of nitrogens with one attached hydrogen (secondary N) is 1. The highest BCUT2D eigenvalue weighted by molar-refractivity contribution is 9.11. The van der Waals surface area contributed by atoms with Crippen LogP contribution in [0.3, 0.4) is 0 Å². The molecular formula is C14H21Br2NO2. The number of aliphatic hydroxyl groups excluding tert-OH is 1. The highest BCUT2D eigenvalue weighted by atomic mass is 79.9. The van der Waals surface area contributed by atoms with Crippen molar-refractivity contribution in [2.75, 3.05) is 0 Å². The molecule has 0 bridgehead atoms. The van der Waals surface area contributed by atoms with Gasteiger partial charge in [-0.3, -0.25) is 0 Å². The highest BCUT2D eigenvalue weighted by Gasteiger charge is 2.15. The van der Waals surface area contributed by atoms with E-state index >= 15 is 0 Å². The lowest BCUT2D eigenvalue weighted by molar-refractivity contribution is 0.0594. The Kier molecular flexibility index (Phi) is 6.80. The summed E-state index contributed by atoms with van der Waals surface area (Å²) in [5.74, 6) is 0.724. The fraction of sp³-hybridized carbons (Fsp3) is 0.571. The van der Waals surface area contributed by atoms with E-state index in [2.05, 4.69) is 51.0 Å². The van der Waals surface area contributed by atoms with Crippen LogP contribution in [0.25, 0.3) is 0 Å². The second kappa shape index (κ2) is 7.62. The first kappa shape index (κ1) is 17.0. The zero-order valence-corrected chi connectivity index (χ0v) is 14.9. The normalized spacial score (nSPS) is 14.5. The van der Waals surface area contributed by atoms with Crippen LogP contribution in [0.2, 0.25) is 0 Å². The van der Waals surface area contributed by atoms with Crippen LogP contribution in [0.15, 0.2) is 21.1 Å². The van der Waals surface area contributed by atoms with E-state index in [4.69, 9.17) is 4.74 Å². The largest absolute Gasteiger partial charge is 0.486 e. The van der Waals surface area contributed by atoms with Crippen molar-refractivity contribution in [1.82, 2.24) is 5.32 Å². The molecule has 0 saturated carbocycles. The zero-order chi connectivity index (χ0) is 14.6. The minimum Gasteiger partial charge on any atom is -0.486 e. The van der Waals surface area contributed by atoms with Crippen LogP contribution in [0.4, 0.5) is 0 Å². The first-order valence-corrected chi connectivity index (χ1v) is 7.96. The van der Waals surface area contributed by atoms with Gasteiger partial charge in [0.2, 0.25) is 0 Å². The Balaban J connectivity index is 2.85. The van der Waals surface area contributed by atoms with Crippen LogP contribution in [0.1, 0.15) is 33.3 Å². The van der Waals surface area contributed by atoms with Crippen molar-refractivity contribution in [3.8, 4) is 5.75 Å². The molecule has 0 aliphatic heterocycles. The van der Waals surface area contributed by atoms with Crippen LogP contribution in [-0.2, 0) is 6.54 Å². The molecular weight excluding hydrogens is 374 g/mol. The fourth-order valence-electron chi connectivity index (χ4n) is 1.43. The van der Waals surface area contributed by atoms with Crippen LogP contribution in [0, 0.1) is 0 Å². The number of hydrogen-bond acceptors (Lipinski definition) is 3. The summed E-state index contributed by atoms with van der Waals surface area (Å²) < 4.78 is 7.52. The topological polar surface area (TPSA) is 41.5 Å². The van der Waals surface area contributed by atoms with E-state index in [1.807, 2.05) is 19.1 Å². The van der Waals surface area contributed by atoms with Crippen LogP contribution >= 0.6 is 31.9 Å². The molecule has 108 valence electrons. The van der Waals surface area contributed by atoms with E-state index in [-0.39, 0.29) is 6.10 Å². The van der Waals surface area contributed by atoms with Gasteiger partial charge in [-0.05, 0) is 63.4 Å². The SMILES string of the molecule is CC(C)NCc1cc(Br)c(OC(C)C(C)O)c(Br)c1. The van der Waals surface area contributed by atoms with Crippen molar-refractivity contribution in [1.29, 1.82) is 0 Å². The van der Waals surface area contributed by atoms with Gasteiger partial charge in [-0.25, -0.2) is 0 Å². The number of halogens is 2. The van der Waals surface area contributed by atoms with Gasteiger partial charge in [-0.15, -0.1) is 0 Å². The molecule has 0 aromatic heterocycles. The van der Waals surface area contributed by atoms with Gasteiger partial charge in [0.15, 0.2) is 0 Å². The molecule has 0 aliphatic rings. The quantitative estimate of drug-likeness (QED) is 0.769. The van der Waals surface area contributed by atoms with Gasteiger partial charge in [0.1, 0.15) is 11.9 Å². The van der Waals surface area contributed by atoms with Gasteiger partial charge in [-0.1, -0.05) is 13.8 Å². The zero-order valence-electron chi connectivity index (χ0n) is 11.7. The van der Waals surface area contributed by atoms with Gasteiger partial charge >= 0.3 is 0 Å². The molecule has 0 radical (unpaired) electrons. The molecule has 2 unspecified atom stereocenters. The Labute approximate surface area is 132 Å². The molecule has 0 saturated heterocycles. The number of rotatable bonds is 6. The standard InChI is InChI=1S/C14H21Br2NO2/c1-8(2)17-7-11-5-12(15)14(13(16)6-11)19-10(4)9(3)18/h5-6,8-10,17-18H,7H2,1-4H3. The fourth-order valence-corrected chi connectivity index (χ4v) is 2.90. The highest BCUT2D eigenvalue weighted by Crippen LogP contribution is 2.35. The predicted molar refractivity (Wildman–Crippen MR) is 85.6 cm³/mol. The molecule has 0 heterocycles. The first-order valence-electron chi connectivity index (χ1n) is 6.37. The van der Waals surface area contributed by atoms with Gasteiger partial charge in [-0.2, -0.15) is 0 Å². The van der Waals surface area contributed by atoms with E-state index in [9.17, 15) is 5.11 Å². The summed E-state index contributed by atoms with van der Waals surface area (Å²) in [4.78, 5) is 0. The number of benzene rings is 1. The smallest absolute Gasteiger partial charge is 0.148 e. The third kappa shape index (κ3) is 5.42. The molecule has 1 aromatic rings. The summed E-state index contributed by atoms with van der Waals surface area (Å²) in [7, 11) is 0. The lowest BCUT2D eigenvalue weighted by Gasteiger charge is -2.20. The molecule has 0 amide bonds. The summed E-state index contributed by atoms with van der Waals surface area (Å²) in [5.41, 5.74) is 1.17. The van der Waals surface area contributed by atoms with Crippen molar-refractivity contribution < 1.29 is 9.84 Å². The number of hydrogen-bond donors (Lipinski definition) is 2. The Morgan fingerprint density at radius 2 is 1.68 bits per heavy atom. The summed E-state index contributed by atoms with van der Waals surface area (Å²) >= 11 is 7.04. The van der Waals surface area contributed by atoms with Crippen molar-refractivity contribution >= 4 is 31.9 Å².